The quantitative estimate of drug-likeness (QED) is 0.771. The molecule has 0 amide bonds. The van der Waals surface area contributed by atoms with Crippen molar-refractivity contribution in [2.24, 2.45) is 28.6 Å². The fourth-order valence-electron chi connectivity index (χ4n) is 7.23. The van der Waals surface area contributed by atoms with E-state index in [1.807, 2.05) is 6.92 Å². The van der Waals surface area contributed by atoms with Crippen molar-refractivity contribution >= 4 is 0 Å². The lowest BCUT2D eigenvalue weighted by molar-refractivity contribution is -0.212. The summed E-state index contributed by atoms with van der Waals surface area (Å²) in [6.45, 7) is 12.3. The summed E-state index contributed by atoms with van der Waals surface area (Å²) >= 11 is 0. The SMILES string of the molecule is COC[C@@]1(C)O[C@H]2C[C@@]34C[C@H](C(C)(C)[C@@H]3CC[C@H]4C)[C@@]2(C)O1. The molecule has 0 aromatic rings. The molecule has 4 rings (SSSR count). The van der Waals surface area contributed by atoms with Gasteiger partial charge in [-0.05, 0) is 68.1 Å². The van der Waals surface area contributed by atoms with E-state index in [9.17, 15) is 0 Å². The van der Waals surface area contributed by atoms with Gasteiger partial charge in [-0.2, -0.15) is 0 Å². The zero-order chi connectivity index (χ0) is 16.0. The first-order chi connectivity index (χ1) is 10.2. The molecule has 7 atom stereocenters. The minimum Gasteiger partial charge on any atom is -0.379 e. The van der Waals surface area contributed by atoms with Gasteiger partial charge >= 0.3 is 0 Å². The van der Waals surface area contributed by atoms with Gasteiger partial charge in [-0.15, -0.1) is 0 Å². The maximum atomic E-state index is 6.60. The van der Waals surface area contributed by atoms with Crippen LogP contribution in [0.5, 0.6) is 0 Å². The molecule has 3 saturated carbocycles. The van der Waals surface area contributed by atoms with Crippen LogP contribution in [0.3, 0.4) is 0 Å². The number of fused-ring (bicyclic) bond motifs is 3. The first-order valence-corrected chi connectivity index (χ1v) is 9.05. The van der Waals surface area contributed by atoms with Crippen molar-refractivity contribution in [2.75, 3.05) is 13.7 Å². The third kappa shape index (κ3) is 1.63. The predicted molar refractivity (Wildman–Crippen MR) is 85.5 cm³/mol. The van der Waals surface area contributed by atoms with Crippen LogP contribution < -0.4 is 0 Å². The van der Waals surface area contributed by atoms with E-state index in [1.54, 1.807) is 7.11 Å². The molecule has 1 heterocycles. The molecule has 3 nitrogen and oxygen atoms in total. The molecule has 0 radical (unpaired) electrons. The Hall–Kier alpha value is -0.120. The fourth-order valence-corrected chi connectivity index (χ4v) is 7.23. The molecular formula is C19H32O3. The summed E-state index contributed by atoms with van der Waals surface area (Å²) in [6.07, 6.45) is 5.50. The van der Waals surface area contributed by atoms with Gasteiger partial charge < -0.3 is 14.2 Å². The minimum atomic E-state index is -0.581. The highest BCUT2D eigenvalue weighted by Gasteiger charge is 2.74. The van der Waals surface area contributed by atoms with Gasteiger partial charge in [0.2, 0.25) is 0 Å². The number of hydrogen-bond acceptors (Lipinski definition) is 3. The van der Waals surface area contributed by atoms with E-state index in [0.717, 1.165) is 11.8 Å². The highest BCUT2D eigenvalue weighted by atomic mass is 16.8. The topological polar surface area (TPSA) is 27.7 Å². The van der Waals surface area contributed by atoms with Gasteiger partial charge in [-0.3, -0.25) is 0 Å². The van der Waals surface area contributed by atoms with Crippen molar-refractivity contribution < 1.29 is 14.2 Å². The van der Waals surface area contributed by atoms with Gasteiger partial charge in [0.1, 0.15) is 6.61 Å². The molecule has 2 bridgehead atoms. The van der Waals surface area contributed by atoms with Crippen LogP contribution in [0.1, 0.15) is 60.3 Å². The third-order valence-corrected chi connectivity index (χ3v) is 8.07. The van der Waals surface area contributed by atoms with Gasteiger partial charge in [0.15, 0.2) is 5.79 Å². The van der Waals surface area contributed by atoms with Crippen molar-refractivity contribution in [2.45, 2.75) is 77.8 Å². The Morgan fingerprint density at radius 3 is 2.45 bits per heavy atom. The number of ether oxygens (including phenoxy) is 3. The molecule has 3 heteroatoms. The maximum absolute atomic E-state index is 6.60. The van der Waals surface area contributed by atoms with Crippen molar-refractivity contribution in [3.8, 4) is 0 Å². The molecule has 4 aliphatic rings. The zero-order valence-corrected chi connectivity index (χ0v) is 15.1. The molecular weight excluding hydrogens is 276 g/mol. The van der Waals surface area contributed by atoms with E-state index in [-0.39, 0.29) is 11.7 Å². The van der Waals surface area contributed by atoms with E-state index >= 15 is 0 Å². The molecule has 1 aliphatic heterocycles. The van der Waals surface area contributed by atoms with Crippen LogP contribution in [0.15, 0.2) is 0 Å². The van der Waals surface area contributed by atoms with Crippen molar-refractivity contribution in [1.82, 2.24) is 0 Å². The largest absolute Gasteiger partial charge is 0.379 e. The summed E-state index contributed by atoms with van der Waals surface area (Å²) in [4.78, 5) is 0. The highest BCUT2D eigenvalue weighted by Crippen LogP contribution is 2.75. The smallest absolute Gasteiger partial charge is 0.190 e. The second kappa shape index (κ2) is 4.29. The second-order valence-corrected chi connectivity index (χ2v) is 9.51. The third-order valence-electron chi connectivity index (χ3n) is 8.07. The first kappa shape index (κ1) is 15.4. The lowest BCUT2D eigenvalue weighted by Crippen LogP contribution is -2.52. The monoisotopic (exact) mass is 308 g/mol. The average molecular weight is 308 g/mol. The molecule has 0 N–H and O–H groups in total. The van der Waals surface area contributed by atoms with Gasteiger partial charge in [0.05, 0.1) is 11.7 Å². The summed E-state index contributed by atoms with van der Waals surface area (Å²) in [6, 6.07) is 0. The Morgan fingerprint density at radius 2 is 1.77 bits per heavy atom. The Labute approximate surface area is 135 Å². The molecule has 126 valence electrons. The van der Waals surface area contributed by atoms with Gasteiger partial charge in [0, 0.05) is 7.11 Å². The Morgan fingerprint density at radius 1 is 1.05 bits per heavy atom. The van der Waals surface area contributed by atoms with Crippen molar-refractivity contribution in [3.05, 3.63) is 0 Å². The normalized spacial score (nSPS) is 58.6. The Balaban J connectivity index is 1.75. The van der Waals surface area contributed by atoms with Crippen LogP contribution in [0.25, 0.3) is 0 Å². The summed E-state index contributed by atoms with van der Waals surface area (Å²) in [5.41, 5.74) is 0.669. The summed E-state index contributed by atoms with van der Waals surface area (Å²) in [5.74, 6) is 1.67. The maximum Gasteiger partial charge on any atom is 0.190 e. The second-order valence-electron chi connectivity index (χ2n) is 9.51. The number of hydrogen-bond donors (Lipinski definition) is 0. The number of rotatable bonds is 2. The fraction of sp³-hybridized carbons (Fsp3) is 1.00. The lowest BCUT2D eigenvalue weighted by Gasteiger charge is -2.47. The molecule has 4 fully saturated rings. The van der Waals surface area contributed by atoms with E-state index in [2.05, 4.69) is 27.7 Å². The molecule has 22 heavy (non-hydrogen) atoms. The lowest BCUT2D eigenvalue weighted by atomic mass is 9.63. The molecule has 0 aromatic heterocycles. The van der Waals surface area contributed by atoms with Crippen LogP contribution >= 0.6 is 0 Å². The Kier molecular flexibility index (Phi) is 3.00. The van der Waals surface area contributed by atoms with Gasteiger partial charge in [0.25, 0.3) is 0 Å². The van der Waals surface area contributed by atoms with Crippen molar-refractivity contribution in [1.29, 1.82) is 0 Å². The van der Waals surface area contributed by atoms with Crippen LogP contribution in [0.2, 0.25) is 0 Å². The number of methoxy groups -OCH3 is 1. The summed E-state index contributed by atoms with van der Waals surface area (Å²) in [7, 11) is 1.73. The first-order valence-electron chi connectivity index (χ1n) is 9.05. The molecule has 3 aliphatic carbocycles. The van der Waals surface area contributed by atoms with Gasteiger partial charge in [-0.1, -0.05) is 20.8 Å². The molecule has 1 spiro atoms. The summed E-state index contributed by atoms with van der Waals surface area (Å²) < 4.78 is 18.4. The molecule has 0 unspecified atom stereocenters. The van der Waals surface area contributed by atoms with Crippen LogP contribution in [0.4, 0.5) is 0 Å². The zero-order valence-electron chi connectivity index (χ0n) is 15.1. The predicted octanol–water partition coefficient (Wildman–Crippen LogP) is 4.01. The molecule has 0 aromatic carbocycles. The van der Waals surface area contributed by atoms with E-state index in [0.29, 0.717) is 23.4 Å². The molecule has 1 saturated heterocycles. The van der Waals surface area contributed by atoms with E-state index in [4.69, 9.17) is 14.2 Å². The van der Waals surface area contributed by atoms with Crippen molar-refractivity contribution in [3.63, 3.8) is 0 Å². The van der Waals surface area contributed by atoms with Crippen LogP contribution in [-0.2, 0) is 14.2 Å². The minimum absolute atomic E-state index is 0.161. The van der Waals surface area contributed by atoms with Crippen LogP contribution in [0, 0.1) is 28.6 Å². The van der Waals surface area contributed by atoms with Crippen LogP contribution in [-0.4, -0.2) is 31.2 Å². The van der Waals surface area contributed by atoms with Gasteiger partial charge in [-0.25, -0.2) is 0 Å². The summed E-state index contributed by atoms with van der Waals surface area (Å²) in [5, 5.41) is 0. The average Bonchev–Trinajstić information content (AvgIpc) is 2.92. The highest BCUT2D eigenvalue weighted by molar-refractivity contribution is 5.21. The van der Waals surface area contributed by atoms with E-state index in [1.165, 1.54) is 25.7 Å². The van der Waals surface area contributed by atoms with E-state index < -0.39 is 5.79 Å². The Bertz CT molecular complexity index is 489. The standard InChI is InChI=1S/C19H32O3/c1-12-7-8-13-16(2,3)14-9-19(12,13)10-15-18(14,5)22-17(4,21-15)11-20-6/h12-15H,7-11H2,1-6H3/t12-,13+,14-,15+,17+,18-,19-/m1/s1.